The van der Waals surface area contributed by atoms with Crippen molar-refractivity contribution < 1.29 is 22.7 Å². The fourth-order valence-corrected chi connectivity index (χ4v) is 5.07. The van der Waals surface area contributed by atoms with Crippen LogP contribution in [0.3, 0.4) is 0 Å². The number of pyridine rings is 2. The molecule has 1 N–H and O–H groups in total. The van der Waals surface area contributed by atoms with Gasteiger partial charge in [-0.15, -0.1) is 0 Å². The molecule has 0 saturated heterocycles. The lowest BCUT2D eigenvalue weighted by molar-refractivity contribution is 0.00692. The molecule has 3 aromatic heterocycles. The highest BCUT2D eigenvalue weighted by atomic mass is 32.2. The zero-order valence-corrected chi connectivity index (χ0v) is 21.7. The molecule has 0 aliphatic rings. The summed E-state index contributed by atoms with van der Waals surface area (Å²) in [6.07, 6.45) is 4.44. The van der Waals surface area contributed by atoms with Crippen molar-refractivity contribution in [3.63, 3.8) is 0 Å². The van der Waals surface area contributed by atoms with E-state index in [0.717, 1.165) is 3.97 Å². The van der Waals surface area contributed by atoms with Crippen LogP contribution >= 0.6 is 0 Å². The van der Waals surface area contributed by atoms with E-state index in [1.807, 2.05) is 0 Å². The molecule has 37 heavy (non-hydrogen) atoms. The Balaban J connectivity index is 1.83. The Morgan fingerprint density at radius 2 is 1.70 bits per heavy atom. The predicted octanol–water partition coefficient (Wildman–Crippen LogP) is 4.04. The van der Waals surface area contributed by atoms with E-state index in [4.69, 9.17) is 4.74 Å². The summed E-state index contributed by atoms with van der Waals surface area (Å²) >= 11 is 0. The van der Waals surface area contributed by atoms with Crippen LogP contribution in [0.2, 0.25) is 0 Å². The second kappa shape index (κ2) is 9.62. The molecular formula is C27H26N4O5S. The van der Waals surface area contributed by atoms with Crippen molar-refractivity contribution in [2.45, 2.75) is 31.3 Å². The first-order valence-corrected chi connectivity index (χ1v) is 12.8. The van der Waals surface area contributed by atoms with Crippen LogP contribution in [0.5, 0.6) is 0 Å². The fourth-order valence-electron chi connectivity index (χ4n) is 3.71. The number of fused-ring (bicyclic) bond motifs is 1. The van der Waals surface area contributed by atoms with Crippen LogP contribution in [0.4, 0.5) is 0 Å². The molecule has 0 atom stereocenters. The van der Waals surface area contributed by atoms with Crippen molar-refractivity contribution in [2.75, 3.05) is 7.05 Å². The van der Waals surface area contributed by atoms with Gasteiger partial charge in [0, 0.05) is 36.0 Å². The van der Waals surface area contributed by atoms with Gasteiger partial charge in [-0.05, 0) is 51.1 Å². The van der Waals surface area contributed by atoms with E-state index in [-0.39, 0.29) is 21.8 Å². The second-order valence-corrected chi connectivity index (χ2v) is 11.1. The molecule has 0 radical (unpaired) electrons. The van der Waals surface area contributed by atoms with Crippen LogP contribution in [-0.2, 0) is 14.8 Å². The number of amides is 1. The van der Waals surface area contributed by atoms with E-state index >= 15 is 0 Å². The van der Waals surface area contributed by atoms with E-state index in [0.29, 0.717) is 22.0 Å². The zero-order valence-electron chi connectivity index (χ0n) is 20.8. The molecule has 0 fully saturated rings. The highest BCUT2D eigenvalue weighted by Gasteiger charge is 2.23. The molecule has 10 heteroatoms. The van der Waals surface area contributed by atoms with Crippen molar-refractivity contribution >= 4 is 38.4 Å². The molecule has 4 rings (SSSR count). The molecule has 4 aromatic rings. The van der Waals surface area contributed by atoms with Crippen molar-refractivity contribution in [1.82, 2.24) is 19.3 Å². The molecule has 0 saturated carbocycles. The highest BCUT2D eigenvalue weighted by Crippen LogP contribution is 2.30. The molecule has 0 bridgehead atoms. The Bertz CT molecular complexity index is 1630. The number of nitrogens with zero attached hydrogens (tertiary/aromatic N) is 3. The van der Waals surface area contributed by atoms with E-state index in [1.165, 1.54) is 49.9 Å². The molecular weight excluding hydrogens is 492 g/mol. The molecule has 1 amide bonds. The number of carbonyl (C=O) groups is 2. The van der Waals surface area contributed by atoms with Crippen LogP contribution in [-0.4, -0.2) is 46.9 Å². The van der Waals surface area contributed by atoms with Gasteiger partial charge >= 0.3 is 5.97 Å². The lowest BCUT2D eigenvalue weighted by Crippen LogP contribution is -2.25. The van der Waals surface area contributed by atoms with Crippen molar-refractivity contribution in [1.29, 1.82) is 0 Å². The van der Waals surface area contributed by atoms with Gasteiger partial charge in [-0.3, -0.25) is 9.78 Å². The summed E-state index contributed by atoms with van der Waals surface area (Å²) in [5, 5.41) is 3.06. The number of benzene rings is 1. The third-order valence-electron chi connectivity index (χ3n) is 5.43. The summed E-state index contributed by atoms with van der Waals surface area (Å²) < 4.78 is 33.1. The maximum atomic E-state index is 13.3. The minimum absolute atomic E-state index is 0.00590. The number of nitrogens with one attached hydrogen (secondary N) is 1. The van der Waals surface area contributed by atoms with Gasteiger partial charge < -0.3 is 10.1 Å². The quantitative estimate of drug-likeness (QED) is 0.382. The standard InChI is InChI=1S/C27H26N4O5S/c1-17(22-13-18(26(33)36-27(2,3)4)14-23(30-22)25(32)28-5)21-15-29-16-24-20(21)11-12-31(24)37(34,35)19-9-7-6-8-10-19/h6-16H,1H2,2-5H3,(H,28,32). The summed E-state index contributed by atoms with van der Waals surface area (Å²) in [6, 6.07) is 12.6. The average molecular weight is 519 g/mol. The van der Waals surface area contributed by atoms with Gasteiger partial charge in [0.1, 0.15) is 11.3 Å². The first kappa shape index (κ1) is 25.8. The maximum Gasteiger partial charge on any atom is 0.338 e. The van der Waals surface area contributed by atoms with Gasteiger partial charge in [0.15, 0.2) is 0 Å². The van der Waals surface area contributed by atoms with Crippen molar-refractivity contribution in [3.8, 4) is 0 Å². The molecule has 190 valence electrons. The van der Waals surface area contributed by atoms with E-state index < -0.39 is 27.5 Å². The van der Waals surface area contributed by atoms with Gasteiger partial charge in [-0.25, -0.2) is 22.2 Å². The summed E-state index contributed by atoms with van der Waals surface area (Å²) in [5.41, 5.74) is 0.829. The number of ether oxygens (including phenoxy) is 1. The molecule has 3 heterocycles. The van der Waals surface area contributed by atoms with Gasteiger partial charge in [-0.1, -0.05) is 24.8 Å². The van der Waals surface area contributed by atoms with Crippen molar-refractivity contribution in [3.05, 3.63) is 96.2 Å². The smallest absolute Gasteiger partial charge is 0.338 e. The number of hydrogen-bond donors (Lipinski definition) is 1. The highest BCUT2D eigenvalue weighted by molar-refractivity contribution is 7.90. The van der Waals surface area contributed by atoms with Crippen molar-refractivity contribution in [2.24, 2.45) is 0 Å². The van der Waals surface area contributed by atoms with E-state index in [1.54, 1.807) is 45.0 Å². The molecule has 0 aliphatic carbocycles. The van der Waals surface area contributed by atoms with Gasteiger partial charge in [0.05, 0.1) is 27.9 Å². The summed E-state index contributed by atoms with van der Waals surface area (Å²) in [6.45, 7) is 9.36. The molecule has 0 spiro atoms. The topological polar surface area (TPSA) is 120 Å². The molecule has 9 nitrogen and oxygen atoms in total. The number of esters is 1. The zero-order chi connectivity index (χ0) is 27.0. The Kier molecular flexibility index (Phi) is 6.70. The lowest BCUT2D eigenvalue weighted by atomic mass is 10.0. The molecule has 1 aromatic carbocycles. The van der Waals surface area contributed by atoms with E-state index in [2.05, 4.69) is 21.9 Å². The Labute approximate surface area is 214 Å². The largest absolute Gasteiger partial charge is 0.456 e. The summed E-state index contributed by atoms with van der Waals surface area (Å²) in [4.78, 5) is 34.0. The first-order valence-electron chi connectivity index (χ1n) is 11.4. The number of carbonyl (C=O) groups excluding carboxylic acids is 2. The minimum Gasteiger partial charge on any atom is -0.456 e. The van der Waals surface area contributed by atoms with Gasteiger partial charge in [0.2, 0.25) is 0 Å². The Morgan fingerprint density at radius 1 is 1.03 bits per heavy atom. The average Bonchev–Trinajstić information content (AvgIpc) is 3.32. The summed E-state index contributed by atoms with van der Waals surface area (Å²) in [7, 11) is -2.41. The predicted molar refractivity (Wildman–Crippen MR) is 140 cm³/mol. The lowest BCUT2D eigenvalue weighted by Gasteiger charge is -2.20. The van der Waals surface area contributed by atoms with Crippen LogP contribution < -0.4 is 5.32 Å². The van der Waals surface area contributed by atoms with Gasteiger partial charge in [0.25, 0.3) is 15.9 Å². The third kappa shape index (κ3) is 5.14. The van der Waals surface area contributed by atoms with Crippen LogP contribution in [0, 0.1) is 0 Å². The van der Waals surface area contributed by atoms with Crippen LogP contribution in [0.25, 0.3) is 16.5 Å². The maximum absolute atomic E-state index is 13.3. The monoisotopic (exact) mass is 518 g/mol. The number of aromatic nitrogens is 3. The first-order chi connectivity index (χ1) is 17.4. The Morgan fingerprint density at radius 3 is 2.35 bits per heavy atom. The normalized spacial score (nSPS) is 11.8. The van der Waals surface area contributed by atoms with Crippen LogP contribution in [0.15, 0.2) is 78.6 Å². The van der Waals surface area contributed by atoms with Gasteiger partial charge in [-0.2, -0.15) is 0 Å². The second-order valence-electron chi connectivity index (χ2n) is 9.24. The third-order valence-corrected chi connectivity index (χ3v) is 7.14. The molecule has 0 unspecified atom stereocenters. The number of rotatable bonds is 6. The fraction of sp³-hybridized carbons (Fsp3) is 0.185. The SMILES string of the molecule is C=C(c1cc(C(=O)OC(C)(C)C)cc(C(=O)NC)n1)c1cncc2c1ccn2S(=O)(=O)c1ccccc1. The molecule has 0 aliphatic heterocycles. The Hall–Kier alpha value is -4.31. The summed E-state index contributed by atoms with van der Waals surface area (Å²) in [5.74, 6) is -1.11. The minimum atomic E-state index is -3.87. The van der Waals surface area contributed by atoms with E-state index in [9.17, 15) is 18.0 Å². The number of hydrogen-bond acceptors (Lipinski definition) is 7. The van der Waals surface area contributed by atoms with Crippen LogP contribution in [0.1, 0.15) is 52.9 Å².